The fourth-order valence-electron chi connectivity index (χ4n) is 1.65. The second kappa shape index (κ2) is 6.27. The number of benzene rings is 1. The van der Waals surface area contributed by atoms with Crippen LogP contribution in [-0.2, 0) is 11.0 Å². The van der Waals surface area contributed by atoms with Crippen LogP contribution >= 0.6 is 11.6 Å². The maximum Gasteiger partial charge on any atom is 0.417 e. The molecule has 0 fully saturated rings. The Hall–Kier alpha value is -2.22. The molecule has 2 rings (SSSR count). The number of hydrogen-bond donors (Lipinski definition) is 2. The van der Waals surface area contributed by atoms with Gasteiger partial charge in [0.1, 0.15) is 5.76 Å². The zero-order valence-electron chi connectivity index (χ0n) is 11.3. The maximum atomic E-state index is 12.7. The average Bonchev–Trinajstić information content (AvgIpc) is 2.82. The number of hydrogen-bond acceptors (Lipinski definition) is 4. The van der Waals surface area contributed by atoms with Crippen molar-refractivity contribution in [3.63, 3.8) is 0 Å². The number of carbonyl (C=O) groups is 1. The fourth-order valence-corrected chi connectivity index (χ4v) is 1.87. The van der Waals surface area contributed by atoms with Gasteiger partial charge in [0.15, 0.2) is 5.82 Å². The van der Waals surface area contributed by atoms with E-state index in [4.69, 9.17) is 16.1 Å². The summed E-state index contributed by atoms with van der Waals surface area (Å²) in [5.41, 5.74) is -0.838. The summed E-state index contributed by atoms with van der Waals surface area (Å²) in [5.74, 6) is 0.281. The molecule has 2 aromatic rings. The molecule has 0 unspecified atom stereocenters. The van der Waals surface area contributed by atoms with Crippen molar-refractivity contribution in [2.24, 2.45) is 0 Å². The molecule has 22 heavy (non-hydrogen) atoms. The second-order valence-corrected chi connectivity index (χ2v) is 4.82. The number of aryl methyl sites for hydroxylation is 1. The van der Waals surface area contributed by atoms with Crippen LogP contribution in [0.3, 0.4) is 0 Å². The molecule has 2 N–H and O–H groups in total. The number of nitrogens with zero attached hydrogens (tertiary/aromatic N) is 1. The Morgan fingerprint density at radius 3 is 2.68 bits per heavy atom. The van der Waals surface area contributed by atoms with Crippen molar-refractivity contribution in [3.05, 3.63) is 40.6 Å². The van der Waals surface area contributed by atoms with Gasteiger partial charge in [-0.05, 0) is 25.1 Å². The molecule has 0 aliphatic heterocycles. The summed E-state index contributed by atoms with van der Waals surface area (Å²) in [5, 5.41) is 8.18. The fraction of sp³-hybridized carbons (Fsp3) is 0.231. The van der Waals surface area contributed by atoms with E-state index in [2.05, 4.69) is 15.8 Å². The van der Waals surface area contributed by atoms with Crippen LogP contribution in [0.1, 0.15) is 11.3 Å². The van der Waals surface area contributed by atoms with Crippen LogP contribution in [0.4, 0.5) is 24.7 Å². The Morgan fingerprint density at radius 2 is 2.09 bits per heavy atom. The highest BCUT2D eigenvalue weighted by molar-refractivity contribution is 6.31. The number of aromatic nitrogens is 1. The summed E-state index contributed by atoms with van der Waals surface area (Å²) in [6.07, 6.45) is -4.56. The van der Waals surface area contributed by atoms with Gasteiger partial charge < -0.3 is 15.2 Å². The smallest absolute Gasteiger partial charge is 0.376 e. The SMILES string of the molecule is Cc1cc(NC(=O)CNc2ccc(Cl)c(C(F)(F)F)c2)no1. The molecular weight excluding hydrogens is 323 g/mol. The van der Waals surface area contributed by atoms with E-state index in [1.165, 1.54) is 12.1 Å². The van der Waals surface area contributed by atoms with E-state index in [9.17, 15) is 18.0 Å². The first-order valence-electron chi connectivity index (χ1n) is 6.09. The predicted molar refractivity (Wildman–Crippen MR) is 74.8 cm³/mol. The molecule has 0 spiro atoms. The van der Waals surface area contributed by atoms with Gasteiger partial charge >= 0.3 is 6.18 Å². The highest BCUT2D eigenvalue weighted by atomic mass is 35.5. The lowest BCUT2D eigenvalue weighted by atomic mass is 10.2. The predicted octanol–water partition coefficient (Wildman–Crippen LogP) is 3.71. The van der Waals surface area contributed by atoms with E-state index >= 15 is 0 Å². The average molecular weight is 334 g/mol. The quantitative estimate of drug-likeness (QED) is 0.895. The summed E-state index contributed by atoms with van der Waals surface area (Å²) >= 11 is 5.51. The highest BCUT2D eigenvalue weighted by Crippen LogP contribution is 2.36. The number of anilines is 2. The lowest BCUT2D eigenvalue weighted by molar-refractivity contribution is -0.137. The highest BCUT2D eigenvalue weighted by Gasteiger charge is 2.33. The van der Waals surface area contributed by atoms with Crippen molar-refractivity contribution in [3.8, 4) is 0 Å². The molecular formula is C13H11ClF3N3O2. The van der Waals surface area contributed by atoms with Gasteiger partial charge in [-0.2, -0.15) is 13.2 Å². The number of halogens is 4. The van der Waals surface area contributed by atoms with E-state index in [1.807, 2.05) is 0 Å². The van der Waals surface area contributed by atoms with Crippen molar-refractivity contribution in [1.82, 2.24) is 5.16 Å². The molecule has 0 atom stereocenters. The standard InChI is InChI=1S/C13H11ClF3N3O2/c1-7-4-11(20-22-7)19-12(21)6-18-8-2-3-10(14)9(5-8)13(15,16)17/h2-5,18H,6H2,1H3,(H,19,20,21). The Balaban J connectivity index is 1.98. The van der Waals surface area contributed by atoms with Crippen molar-refractivity contribution in [2.75, 3.05) is 17.2 Å². The third-order valence-corrected chi connectivity index (χ3v) is 2.95. The maximum absolute atomic E-state index is 12.7. The van der Waals surface area contributed by atoms with Gasteiger partial charge in [-0.1, -0.05) is 16.8 Å². The molecule has 0 radical (unpaired) electrons. The van der Waals surface area contributed by atoms with Gasteiger partial charge in [0.05, 0.1) is 17.1 Å². The third-order valence-electron chi connectivity index (χ3n) is 2.62. The molecule has 0 bridgehead atoms. The molecule has 0 aliphatic rings. The van der Waals surface area contributed by atoms with Crippen LogP contribution in [0, 0.1) is 6.92 Å². The Morgan fingerprint density at radius 1 is 1.36 bits per heavy atom. The van der Waals surface area contributed by atoms with E-state index < -0.39 is 22.7 Å². The monoisotopic (exact) mass is 333 g/mol. The van der Waals surface area contributed by atoms with Crippen LogP contribution in [0.15, 0.2) is 28.8 Å². The molecule has 0 saturated heterocycles. The van der Waals surface area contributed by atoms with Gasteiger partial charge in [-0.25, -0.2) is 0 Å². The van der Waals surface area contributed by atoms with Crippen molar-refractivity contribution >= 4 is 29.0 Å². The summed E-state index contributed by atoms with van der Waals surface area (Å²) in [6, 6.07) is 4.83. The number of rotatable bonds is 4. The first-order valence-corrected chi connectivity index (χ1v) is 6.47. The molecule has 1 amide bonds. The minimum Gasteiger partial charge on any atom is -0.376 e. The van der Waals surface area contributed by atoms with Gasteiger partial charge in [0, 0.05) is 11.8 Å². The third kappa shape index (κ3) is 4.14. The van der Waals surface area contributed by atoms with E-state index in [0.29, 0.717) is 5.76 Å². The van der Waals surface area contributed by atoms with Crippen LogP contribution in [0.25, 0.3) is 0 Å². The zero-order chi connectivity index (χ0) is 16.3. The van der Waals surface area contributed by atoms with Crippen molar-refractivity contribution in [2.45, 2.75) is 13.1 Å². The number of amides is 1. The van der Waals surface area contributed by atoms with Crippen LogP contribution < -0.4 is 10.6 Å². The van der Waals surface area contributed by atoms with E-state index in [-0.39, 0.29) is 18.1 Å². The largest absolute Gasteiger partial charge is 0.417 e. The Bertz CT molecular complexity index is 685. The van der Waals surface area contributed by atoms with Crippen molar-refractivity contribution in [1.29, 1.82) is 0 Å². The first kappa shape index (κ1) is 16.2. The Labute approximate surface area is 128 Å². The van der Waals surface area contributed by atoms with Gasteiger partial charge in [0.2, 0.25) is 5.91 Å². The minimum atomic E-state index is -4.56. The lowest BCUT2D eigenvalue weighted by Crippen LogP contribution is -2.22. The van der Waals surface area contributed by atoms with Crippen LogP contribution in [0.2, 0.25) is 5.02 Å². The molecule has 1 aromatic carbocycles. The van der Waals surface area contributed by atoms with Crippen LogP contribution in [-0.4, -0.2) is 17.6 Å². The summed E-state index contributed by atoms with van der Waals surface area (Å²) in [6.45, 7) is 1.43. The number of carbonyl (C=O) groups excluding carboxylic acids is 1. The summed E-state index contributed by atoms with van der Waals surface area (Å²) < 4.78 is 42.9. The molecule has 0 aliphatic carbocycles. The van der Waals surface area contributed by atoms with Gasteiger partial charge in [-0.15, -0.1) is 0 Å². The lowest BCUT2D eigenvalue weighted by Gasteiger charge is -2.12. The molecule has 118 valence electrons. The topological polar surface area (TPSA) is 67.2 Å². The summed E-state index contributed by atoms with van der Waals surface area (Å²) in [7, 11) is 0. The van der Waals surface area contributed by atoms with Crippen molar-refractivity contribution < 1.29 is 22.5 Å². The van der Waals surface area contributed by atoms with E-state index in [1.54, 1.807) is 6.92 Å². The molecule has 1 aromatic heterocycles. The number of alkyl halides is 3. The molecule has 5 nitrogen and oxygen atoms in total. The van der Waals surface area contributed by atoms with E-state index in [0.717, 1.165) is 12.1 Å². The van der Waals surface area contributed by atoms with Gasteiger partial charge in [0.25, 0.3) is 0 Å². The molecule has 9 heteroatoms. The first-order chi connectivity index (χ1) is 10.3. The summed E-state index contributed by atoms with van der Waals surface area (Å²) in [4.78, 5) is 11.6. The molecule has 1 heterocycles. The zero-order valence-corrected chi connectivity index (χ0v) is 12.0. The van der Waals surface area contributed by atoms with Crippen LogP contribution in [0.5, 0.6) is 0 Å². The normalized spacial score (nSPS) is 11.3. The Kier molecular flexibility index (Phi) is 4.60. The number of nitrogens with one attached hydrogen (secondary N) is 2. The minimum absolute atomic E-state index is 0.128. The molecule has 0 saturated carbocycles. The van der Waals surface area contributed by atoms with Gasteiger partial charge in [-0.3, -0.25) is 4.79 Å². The second-order valence-electron chi connectivity index (χ2n) is 4.42.